The number of hydrogen-bond donors (Lipinski definition) is 1. The summed E-state index contributed by atoms with van der Waals surface area (Å²) in [7, 11) is 1.62. The summed E-state index contributed by atoms with van der Waals surface area (Å²) in [6.45, 7) is 3.12. The first-order chi connectivity index (χ1) is 11.7. The van der Waals surface area contributed by atoms with Crippen molar-refractivity contribution in [2.45, 2.75) is 39.2 Å². The number of amides is 1. The van der Waals surface area contributed by atoms with Crippen molar-refractivity contribution in [2.75, 3.05) is 13.7 Å². The molecule has 130 valence electrons. The Kier molecular flexibility index (Phi) is 7.21. The van der Waals surface area contributed by atoms with Crippen LogP contribution >= 0.6 is 0 Å². The SMILES string of the molecule is CCCCCCNC(=O)c1ccc(COc2ccc(OC)cc2)o1. The van der Waals surface area contributed by atoms with E-state index in [1.807, 2.05) is 24.3 Å². The maximum Gasteiger partial charge on any atom is 0.286 e. The predicted molar refractivity (Wildman–Crippen MR) is 92.5 cm³/mol. The van der Waals surface area contributed by atoms with Gasteiger partial charge in [0.15, 0.2) is 5.76 Å². The van der Waals surface area contributed by atoms with Crippen LogP contribution < -0.4 is 14.8 Å². The minimum Gasteiger partial charge on any atom is -0.497 e. The third-order valence-electron chi connectivity index (χ3n) is 3.64. The van der Waals surface area contributed by atoms with Crippen LogP contribution in [0, 0.1) is 0 Å². The zero-order valence-corrected chi connectivity index (χ0v) is 14.3. The van der Waals surface area contributed by atoms with Gasteiger partial charge in [0.2, 0.25) is 0 Å². The van der Waals surface area contributed by atoms with Crippen molar-refractivity contribution in [3.63, 3.8) is 0 Å². The molecule has 1 heterocycles. The summed E-state index contributed by atoms with van der Waals surface area (Å²) in [5.74, 6) is 2.25. The monoisotopic (exact) mass is 331 g/mol. The van der Waals surface area contributed by atoms with Crippen molar-refractivity contribution in [3.05, 3.63) is 47.9 Å². The molecule has 1 aromatic carbocycles. The third-order valence-corrected chi connectivity index (χ3v) is 3.64. The summed E-state index contributed by atoms with van der Waals surface area (Å²) in [5.41, 5.74) is 0. The molecular weight excluding hydrogens is 306 g/mol. The van der Waals surface area contributed by atoms with Crippen molar-refractivity contribution < 1.29 is 18.7 Å². The number of hydrogen-bond acceptors (Lipinski definition) is 4. The predicted octanol–water partition coefficient (Wildman–Crippen LogP) is 4.18. The van der Waals surface area contributed by atoms with Gasteiger partial charge in [-0.3, -0.25) is 4.79 Å². The van der Waals surface area contributed by atoms with Crippen molar-refractivity contribution in [1.29, 1.82) is 0 Å². The Hall–Kier alpha value is -2.43. The Balaban J connectivity index is 1.76. The van der Waals surface area contributed by atoms with Crippen molar-refractivity contribution in [2.24, 2.45) is 0 Å². The van der Waals surface area contributed by atoms with Crippen LogP contribution in [-0.2, 0) is 6.61 Å². The molecule has 5 nitrogen and oxygen atoms in total. The first kappa shape index (κ1) is 17.9. The lowest BCUT2D eigenvalue weighted by Crippen LogP contribution is -2.23. The Labute approximate surface area is 143 Å². The highest BCUT2D eigenvalue weighted by Gasteiger charge is 2.11. The molecule has 2 aromatic rings. The molecule has 5 heteroatoms. The van der Waals surface area contributed by atoms with E-state index < -0.39 is 0 Å². The highest BCUT2D eigenvalue weighted by Crippen LogP contribution is 2.18. The molecule has 24 heavy (non-hydrogen) atoms. The number of nitrogens with one attached hydrogen (secondary N) is 1. The number of methoxy groups -OCH3 is 1. The van der Waals surface area contributed by atoms with Gasteiger partial charge >= 0.3 is 0 Å². The van der Waals surface area contributed by atoms with Gasteiger partial charge in [-0.25, -0.2) is 0 Å². The molecule has 0 saturated carbocycles. The molecule has 0 atom stereocenters. The van der Waals surface area contributed by atoms with Gasteiger partial charge in [-0.05, 0) is 42.8 Å². The number of carbonyl (C=O) groups is 1. The summed E-state index contributed by atoms with van der Waals surface area (Å²) in [4.78, 5) is 12.0. The van der Waals surface area contributed by atoms with Gasteiger partial charge in [-0.2, -0.15) is 0 Å². The highest BCUT2D eigenvalue weighted by molar-refractivity contribution is 5.91. The summed E-state index contributed by atoms with van der Waals surface area (Å²) < 4.78 is 16.3. The average Bonchev–Trinajstić information content (AvgIpc) is 3.09. The van der Waals surface area contributed by atoms with E-state index in [2.05, 4.69) is 12.2 Å². The number of benzene rings is 1. The van der Waals surface area contributed by atoms with Crippen LogP contribution in [0.3, 0.4) is 0 Å². The molecule has 0 aliphatic heterocycles. The van der Waals surface area contributed by atoms with Gasteiger partial charge in [0.1, 0.15) is 23.9 Å². The van der Waals surface area contributed by atoms with E-state index in [-0.39, 0.29) is 12.5 Å². The van der Waals surface area contributed by atoms with Crippen LogP contribution in [0.4, 0.5) is 0 Å². The maximum absolute atomic E-state index is 12.0. The topological polar surface area (TPSA) is 60.7 Å². The van der Waals surface area contributed by atoms with Gasteiger partial charge in [0.25, 0.3) is 5.91 Å². The molecule has 0 aliphatic carbocycles. The molecule has 0 saturated heterocycles. The molecule has 0 unspecified atom stereocenters. The Bertz CT molecular complexity index is 619. The number of furan rings is 1. The Morgan fingerprint density at radius 1 is 1.04 bits per heavy atom. The van der Waals surface area contributed by atoms with Crippen LogP contribution in [0.25, 0.3) is 0 Å². The average molecular weight is 331 g/mol. The zero-order valence-electron chi connectivity index (χ0n) is 14.3. The van der Waals surface area contributed by atoms with Crippen molar-refractivity contribution in [3.8, 4) is 11.5 Å². The van der Waals surface area contributed by atoms with Gasteiger partial charge < -0.3 is 19.2 Å². The highest BCUT2D eigenvalue weighted by atomic mass is 16.5. The molecule has 0 spiro atoms. The molecule has 0 radical (unpaired) electrons. The number of ether oxygens (including phenoxy) is 2. The van der Waals surface area contributed by atoms with Gasteiger partial charge in [0, 0.05) is 6.54 Å². The van der Waals surface area contributed by atoms with E-state index in [1.54, 1.807) is 19.2 Å². The van der Waals surface area contributed by atoms with Crippen LogP contribution in [0.2, 0.25) is 0 Å². The second-order valence-corrected chi connectivity index (χ2v) is 5.55. The van der Waals surface area contributed by atoms with Crippen molar-refractivity contribution in [1.82, 2.24) is 5.32 Å². The van der Waals surface area contributed by atoms with E-state index in [0.717, 1.165) is 18.6 Å². The molecular formula is C19H25NO4. The van der Waals surface area contributed by atoms with Gasteiger partial charge in [0.05, 0.1) is 7.11 Å². The third kappa shape index (κ3) is 5.65. The van der Waals surface area contributed by atoms with E-state index in [4.69, 9.17) is 13.9 Å². The molecule has 1 aromatic heterocycles. The van der Waals surface area contributed by atoms with E-state index >= 15 is 0 Å². The lowest BCUT2D eigenvalue weighted by atomic mass is 10.2. The van der Waals surface area contributed by atoms with Gasteiger partial charge in [-0.15, -0.1) is 0 Å². The van der Waals surface area contributed by atoms with Crippen LogP contribution in [0.1, 0.15) is 48.9 Å². The number of unbranched alkanes of at least 4 members (excludes halogenated alkanes) is 3. The lowest BCUT2D eigenvalue weighted by molar-refractivity contribution is 0.0921. The summed E-state index contributed by atoms with van der Waals surface area (Å²) in [6, 6.07) is 10.7. The summed E-state index contributed by atoms with van der Waals surface area (Å²) in [6.07, 6.45) is 4.51. The molecule has 0 aliphatic rings. The first-order valence-corrected chi connectivity index (χ1v) is 8.36. The van der Waals surface area contributed by atoms with E-state index in [9.17, 15) is 4.79 Å². The minimum absolute atomic E-state index is 0.179. The largest absolute Gasteiger partial charge is 0.497 e. The standard InChI is InChI=1S/C19H25NO4/c1-3-4-5-6-13-20-19(21)18-12-11-17(24-18)14-23-16-9-7-15(22-2)8-10-16/h7-12H,3-6,13-14H2,1-2H3,(H,20,21). The van der Waals surface area contributed by atoms with E-state index in [1.165, 1.54) is 12.8 Å². The van der Waals surface area contributed by atoms with Crippen LogP contribution in [0.15, 0.2) is 40.8 Å². The number of rotatable bonds is 10. The van der Waals surface area contributed by atoms with Crippen LogP contribution in [-0.4, -0.2) is 19.6 Å². The second kappa shape index (κ2) is 9.65. The summed E-state index contributed by atoms with van der Waals surface area (Å²) in [5, 5.41) is 2.87. The fourth-order valence-electron chi connectivity index (χ4n) is 2.24. The van der Waals surface area contributed by atoms with Crippen molar-refractivity contribution >= 4 is 5.91 Å². The number of carbonyl (C=O) groups excluding carboxylic acids is 1. The fraction of sp³-hybridized carbons (Fsp3) is 0.421. The summed E-state index contributed by atoms with van der Waals surface area (Å²) >= 11 is 0. The quantitative estimate of drug-likeness (QED) is 0.664. The van der Waals surface area contributed by atoms with Crippen LogP contribution in [0.5, 0.6) is 11.5 Å². The molecule has 0 bridgehead atoms. The first-order valence-electron chi connectivity index (χ1n) is 8.36. The minimum atomic E-state index is -0.179. The molecule has 0 fully saturated rings. The van der Waals surface area contributed by atoms with E-state index in [0.29, 0.717) is 23.8 Å². The second-order valence-electron chi connectivity index (χ2n) is 5.55. The zero-order chi connectivity index (χ0) is 17.2. The maximum atomic E-state index is 12.0. The molecule has 2 rings (SSSR count). The lowest BCUT2D eigenvalue weighted by Gasteiger charge is -2.05. The Morgan fingerprint density at radius 2 is 1.79 bits per heavy atom. The Morgan fingerprint density at radius 3 is 2.50 bits per heavy atom. The van der Waals surface area contributed by atoms with Gasteiger partial charge in [-0.1, -0.05) is 26.2 Å². The molecule has 1 amide bonds. The smallest absolute Gasteiger partial charge is 0.286 e. The molecule has 1 N–H and O–H groups in total. The normalized spacial score (nSPS) is 10.4. The fourth-order valence-corrected chi connectivity index (χ4v) is 2.24.